The third kappa shape index (κ3) is 9.98. The number of nitrogens with zero attached hydrogens (tertiary/aromatic N) is 1. The van der Waals surface area contributed by atoms with Gasteiger partial charge in [-0.15, -0.1) is 0 Å². The highest BCUT2D eigenvalue weighted by Crippen LogP contribution is 2.41. The molecule has 0 radical (unpaired) electrons. The Morgan fingerprint density at radius 3 is 2.07 bits per heavy atom. The molecule has 0 amide bonds. The molecule has 0 aromatic rings. The van der Waals surface area contributed by atoms with Gasteiger partial charge in [-0.1, -0.05) is 27.7 Å². The maximum absolute atomic E-state index is 14.2. The molecule has 4 fully saturated rings. The maximum Gasteiger partial charge on any atom is 0.311 e. The number of hydrogen-bond acceptors (Lipinski definition) is 14. The molecular weight excluding hydrogens is 702 g/mol. The standard InChI is InChI=1S/C40H73NO13/c1-13-28-40(10,48)33(44)22(4)30(42)20(2)17-38(8,47)35(54-37-31(43)27(16-21(3)50-37)41(11)19-26-14-15-26)23(5)32(24(6)36(46)52-28)53-29-18-39(9,49-12)34(45)25(7)51-29/h20-35,37,42-45,47-48H,13-19H2,1-12H3/t20-,21-,22+,23+,24-,25+,27+,28-,29-,30+,31-,32+,33-,34+,35-,37+,38-,39-,40-/m1/s1. The second kappa shape index (κ2) is 17.9. The summed E-state index contributed by atoms with van der Waals surface area (Å²) in [7, 11) is 3.49. The van der Waals surface area contributed by atoms with E-state index in [1.165, 1.54) is 14.0 Å². The fourth-order valence-corrected chi connectivity index (χ4v) is 9.36. The summed E-state index contributed by atoms with van der Waals surface area (Å²) in [6, 6.07) is -0.267. The molecule has 3 saturated heterocycles. The first kappa shape index (κ1) is 45.7. The molecule has 3 aliphatic heterocycles. The molecule has 0 aromatic heterocycles. The lowest BCUT2D eigenvalue weighted by Crippen LogP contribution is -2.61. The number of methoxy groups -OCH3 is 1. The second-order valence-corrected chi connectivity index (χ2v) is 18.1. The van der Waals surface area contributed by atoms with Gasteiger partial charge in [-0.2, -0.15) is 0 Å². The van der Waals surface area contributed by atoms with Gasteiger partial charge in [-0.05, 0) is 92.5 Å². The lowest BCUT2D eigenvalue weighted by molar-refractivity contribution is -0.318. The number of aliphatic hydroxyl groups excluding tert-OH is 4. The van der Waals surface area contributed by atoms with Crippen LogP contribution in [-0.4, -0.2) is 153 Å². The summed E-state index contributed by atoms with van der Waals surface area (Å²) in [5, 5.41) is 70.0. The number of cyclic esters (lactones) is 1. The van der Waals surface area contributed by atoms with Gasteiger partial charge in [0.15, 0.2) is 12.6 Å². The summed E-state index contributed by atoms with van der Waals surface area (Å²) >= 11 is 0. The molecule has 0 spiro atoms. The van der Waals surface area contributed by atoms with Crippen molar-refractivity contribution < 1.29 is 63.9 Å². The van der Waals surface area contributed by atoms with Gasteiger partial charge in [0.25, 0.3) is 0 Å². The molecule has 0 bridgehead atoms. The van der Waals surface area contributed by atoms with E-state index in [2.05, 4.69) is 4.90 Å². The van der Waals surface area contributed by atoms with Gasteiger partial charge >= 0.3 is 5.97 Å². The molecule has 0 unspecified atom stereocenters. The Labute approximate surface area is 322 Å². The average Bonchev–Trinajstić information content (AvgIpc) is 3.93. The van der Waals surface area contributed by atoms with E-state index in [-0.39, 0.29) is 31.4 Å². The minimum Gasteiger partial charge on any atom is -0.459 e. The molecule has 6 N–H and O–H groups in total. The molecule has 0 aromatic carbocycles. The molecule has 1 aliphatic carbocycles. The number of esters is 1. The van der Waals surface area contributed by atoms with E-state index in [1.807, 2.05) is 14.0 Å². The zero-order valence-electron chi connectivity index (χ0n) is 34.8. The first-order valence-corrected chi connectivity index (χ1v) is 20.2. The number of carbonyl (C=O) groups is 1. The summed E-state index contributed by atoms with van der Waals surface area (Å²) < 4.78 is 37.6. The lowest BCUT2D eigenvalue weighted by atomic mass is 9.73. The molecule has 14 nitrogen and oxygen atoms in total. The molecule has 4 rings (SSSR count). The molecular formula is C40H73NO13. The van der Waals surface area contributed by atoms with E-state index < -0.39 is 108 Å². The average molecular weight is 776 g/mol. The first-order chi connectivity index (χ1) is 25.0. The summed E-state index contributed by atoms with van der Waals surface area (Å²) in [4.78, 5) is 16.3. The summed E-state index contributed by atoms with van der Waals surface area (Å²) in [5.74, 6) is -3.49. The largest absolute Gasteiger partial charge is 0.459 e. The minimum atomic E-state index is -1.93. The van der Waals surface area contributed by atoms with E-state index in [0.717, 1.165) is 19.4 Å². The number of aliphatic hydroxyl groups is 6. The van der Waals surface area contributed by atoms with Crippen LogP contribution < -0.4 is 0 Å². The Morgan fingerprint density at radius 2 is 1.50 bits per heavy atom. The third-order valence-corrected chi connectivity index (χ3v) is 13.2. The summed E-state index contributed by atoms with van der Waals surface area (Å²) in [6.07, 6.45) is -8.02. The Kier molecular flexibility index (Phi) is 15.1. The van der Waals surface area contributed by atoms with Crippen LogP contribution in [0.4, 0.5) is 0 Å². The lowest BCUT2D eigenvalue weighted by Gasteiger charge is -2.49. The highest BCUT2D eigenvalue weighted by Gasteiger charge is 2.53. The second-order valence-electron chi connectivity index (χ2n) is 18.1. The Balaban J connectivity index is 1.79. The van der Waals surface area contributed by atoms with Crippen LogP contribution in [0.5, 0.6) is 0 Å². The fourth-order valence-electron chi connectivity index (χ4n) is 9.36. The smallest absolute Gasteiger partial charge is 0.311 e. The highest BCUT2D eigenvalue weighted by atomic mass is 16.7. The molecule has 19 atom stereocenters. The van der Waals surface area contributed by atoms with Crippen molar-refractivity contribution in [3.63, 3.8) is 0 Å². The van der Waals surface area contributed by atoms with Gasteiger partial charge in [0.2, 0.25) is 0 Å². The van der Waals surface area contributed by atoms with Crippen LogP contribution in [0.25, 0.3) is 0 Å². The number of rotatable bonds is 9. The Hall–Kier alpha value is -1.01. The predicted molar refractivity (Wildman–Crippen MR) is 199 cm³/mol. The van der Waals surface area contributed by atoms with Crippen LogP contribution in [0.2, 0.25) is 0 Å². The van der Waals surface area contributed by atoms with E-state index in [1.54, 1.807) is 55.4 Å². The van der Waals surface area contributed by atoms with Crippen molar-refractivity contribution in [1.82, 2.24) is 4.90 Å². The molecule has 14 heteroatoms. The van der Waals surface area contributed by atoms with Crippen LogP contribution in [0.15, 0.2) is 0 Å². The van der Waals surface area contributed by atoms with Crippen LogP contribution >= 0.6 is 0 Å². The van der Waals surface area contributed by atoms with Crippen molar-refractivity contribution in [2.45, 2.75) is 198 Å². The molecule has 54 heavy (non-hydrogen) atoms. The van der Waals surface area contributed by atoms with Crippen molar-refractivity contribution in [2.24, 2.45) is 29.6 Å². The number of likely N-dealkylation sites (N-methyl/N-ethyl adjacent to an activating group) is 1. The van der Waals surface area contributed by atoms with E-state index >= 15 is 0 Å². The predicted octanol–water partition coefficient (Wildman–Crippen LogP) is 2.36. The molecule has 3 heterocycles. The topological polar surface area (TPSA) is 197 Å². The zero-order valence-corrected chi connectivity index (χ0v) is 34.8. The summed E-state index contributed by atoms with van der Waals surface area (Å²) in [6.45, 7) is 17.7. The van der Waals surface area contributed by atoms with E-state index in [9.17, 15) is 35.4 Å². The van der Waals surface area contributed by atoms with E-state index in [0.29, 0.717) is 12.3 Å². The maximum atomic E-state index is 14.2. The third-order valence-electron chi connectivity index (χ3n) is 13.2. The highest BCUT2D eigenvalue weighted by molar-refractivity contribution is 5.73. The van der Waals surface area contributed by atoms with Crippen LogP contribution in [0.1, 0.15) is 108 Å². The molecule has 4 aliphatic rings. The number of ether oxygens (including phenoxy) is 6. The Bertz CT molecular complexity index is 1220. The number of carbonyl (C=O) groups excluding carboxylic acids is 1. The molecule has 1 saturated carbocycles. The Morgan fingerprint density at radius 1 is 0.870 bits per heavy atom. The van der Waals surface area contributed by atoms with Crippen LogP contribution in [-0.2, 0) is 33.2 Å². The normalized spacial score (nSPS) is 50.4. The van der Waals surface area contributed by atoms with Crippen molar-refractivity contribution in [3.05, 3.63) is 0 Å². The van der Waals surface area contributed by atoms with Gasteiger partial charge in [-0.25, -0.2) is 0 Å². The van der Waals surface area contributed by atoms with Gasteiger partial charge < -0.3 is 64.0 Å². The summed E-state index contributed by atoms with van der Waals surface area (Å²) in [5.41, 5.74) is -4.71. The zero-order chi connectivity index (χ0) is 40.7. The van der Waals surface area contributed by atoms with Crippen LogP contribution in [0, 0.1) is 29.6 Å². The van der Waals surface area contributed by atoms with Gasteiger partial charge in [0.05, 0.1) is 53.7 Å². The monoisotopic (exact) mass is 776 g/mol. The SMILES string of the molecule is CC[C@H]1OC(=O)[C@H](C)[C@@H](O[C@@H]2C[C@@](C)(OC)[C@@H](O)[C@H](C)O2)[C@H](C)[C@@H](O[C@@H]2O[C@H](C)C[C@H](N(C)CC3CC3)[C@H]2O)[C@](C)(O)C[C@@H](C)[C@H](O)[C@H](C)[C@@H](O)[C@]1(C)O. The molecule has 316 valence electrons. The number of hydrogen-bond donors (Lipinski definition) is 6. The fraction of sp³-hybridized carbons (Fsp3) is 0.975. The van der Waals surface area contributed by atoms with Gasteiger partial charge in [0, 0.05) is 38.0 Å². The minimum absolute atomic E-state index is 0.0284. The van der Waals surface area contributed by atoms with Crippen molar-refractivity contribution >= 4 is 5.97 Å². The van der Waals surface area contributed by atoms with E-state index in [4.69, 9.17) is 28.4 Å². The van der Waals surface area contributed by atoms with Crippen LogP contribution in [0.3, 0.4) is 0 Å². The van der Waals surface area contributed by atoms with Crippen molar-refractivity contribution in [3.8, 4) is 0 Å². The van der Waals surface area contributed by atoms with Crippen molar-refractivity contribution in [1.29, 1.82) is 0 Å². The van der Waals surface area contributed by atoms with Gasteiger partial charge in [-0.3, -0.25) is 4.79 Å². The first-order valence-electron chi connectivity index (χ1n) is 20.2. The van der Waals surface area contributed by atoms with Crippen molar-refractivity contribution in [2.75, 3.05) is 20.7 Å². The van der Waals surface area contributed by atoms with Gasteiger partial charge in [0.1, 0.15) is 23.9 Å². The quantitative estimate of drug-likeness (QED) is 0.187.